The fourth-order valence-corrected chi connectivity index (χ4v) is 2.19. The highest BCUT2D eigenvalue weighted by Gasteiger charge is 2.07. The number of rotatable bonds is 5. The zero-order chi connectivity index (χ0) is 14.5. The van der Waals surface area contributed by atoms with Gasteiger partial charge in [-0.1, -0.05) is 29.8 Å². The lowest BCUT2D eigenvalue weighted by atomic mass is 10.0. The van der Waals surface area contributed by atoms with Crippen molar-refractivity contribution in [2.75, 3.05) is 5.32 Å². The van der Waals surface area contributed by atoms with Crippen LogP contribution in [-0.4, -0.2) is 6.04 Å². The van der Waals surface area contributed by atoms with Gasteiger partial charge in [0.05, 0.1) is 5.69 Å². The number of benzene rings is 2. The molecule has 0 heterocycles. The second-order valence-electron chi connectivity index (χ2n) is 5.20. The van der Waals surface area contributed by atoms with Crippen molar-refractivity contribution in [3.63, 3.8) is 0 Å². The number of hydrogen-bond donors (Lipinski definition) is 1. The fourth-order valence-electron chi connectivity index (χ4n) is 2.19. The number of aryl methyl sites for hydroxylation is 2. The fraction of sp³-hybridized carbons (Fsp3) is 0.294. The van der Waals surface area contributed by atoms with Crippen molar-refractivity contribution in [2.24, 2.45) is 0 Å². The predicted octanol–water partition coefficient (Wildman–Crippen LogP) is 4.71. The van der Waals surface area contributed by atoms with Gasteiger partial charge in [-0.2, -0.15) is 0 Å². The largest absolute Gasteiger partial charge is 0.380 e. The molecular formula is C17H19F2N. The molecule has 2 aromatic rings. The van der Waals surface area contributed by atoms with Crippen LogP contribution in [0.25, 0.3) is 0 Å². The van der Waals surface area contributed by atoms with Crippen LogP contribution < -0.4 is 5.32 Å². The molecule has 0 radical (unpaired) electrons. The van der Waals surface area contributed by atoms with Crippen molar-refractivity contribution in [1.29, 1.82) is 0 Å². The second kappa shape index (κ2) is 6.51. The highest BCUT2D eigenvalue weighted by molar-refractivity contribution is 5.45. The van der Waals surface area contributed by atoms with E-state index in [9.17, 15) is 8.78 Å². The van der Waals surface area contributed by atoms with Gasteiger partial charge in [-0.15, -0.1) is 0 Å². The average molecular weight is 275 g/mol. The van der Waals surface area contributed by atoms with Gasteiger partial charge in [0.15, 0.2) is 0 Å². The predicted molar refractivity (Wildman–Crippen MR) is 78.9 cm³/mol. The second-order valence-corrected chi connectivity index (χ2v) is 5.20. The molecule has 0 amide bonds. The Morgan fingerprint density at radius 2 is 1.90 bits per heavy atom. The number of nitrogens with one attached hydrogen (secondary N) is 1. The molecule has 1 atom stereocenters. The Balaban J connectivity index is 1.90. The molecule has 1 unspecified atom stereocenters. The minimum Gasteiger partial charge on any atom is -0.380 e. The minimum atomic E-state index is -0.555. The van der Waals surface area contributed by atoms with Crippen molar-refractivity contribution >= 4 is 5.69 Å². The van der Waals surface area contributed by atoms with E-state index in [1.165, 1.54) is 23.3 Å². The van der Waals surface area contributed by atoms with Crippen LogP contribution in [-0.2, 0) is 6.42 Å². The molecule has 1 N–H and O–H groups in total. The quantitative estimate of drug-likeness (QED) is 0.833. The summed E-state index contributed by atoms with van der Waals surface area (Å²) >= 11 is 0. The summed E-state index contributed by atoms with van der Waals surface area (Å²) in [7, 11) is 0. The van der Waals surface area contributed by atoms with Crippen LogP contribution in [0.3, 0.4) is 0 Å². The highest BCUT2D eigenvalue weighted by Crippen LogP contribution is 2.17. The van der Waals surface area contributed by atoms with Gasteiger partial charge >= 0.3 is 0 Å². The van der Waals surface area contributed by atoms with Gasteiger partial charge in [-0.25, -0.2) is 8.78 Å². The molecule has 3 heteroatoms. The van der Waals surface area contributed by atoms with Crippen molar-refractivity contribution < 1.29 is 8.78 Å². The maximum atomic E-state index is 13.5. The highest BCUT2D eigenvalue weighted by atomic mass is 19.1. The smallest absolute Gasteiger partial charge is 0.149 e. The lowest BCUT2D eigenvalue weighted by molar-refractivity contribution is 0.582. The molecule has 0 aromatic heterocycles. The third-order valence-corrected chi connectivity index (χ3v) is 3.28. The van der Waals surface area contributed by atoms with E-state index in [-0.39, 0.29) is 6.04 Å². The van der Waals surface area contributed by atoms with Gasteiger partial charge < -0.3 is 5.32 Å². The number of hydrogen-bond acceptors (Lipinski definition) is 1. The van der Waals surface area contributed by atoms with E-state index in [1.54, 1.807) is 0 Å². The third-order valence-electron chi connectivity index (χ3n) is 3.28. The van der Waals surface area contributed by atoms with Gasteiger partial charge in [0.2, 0.25) is 0 Å². The summed E-state index contributed by atoms with van der Waals surface area (Å²) in [5.41, 5.74) is 2.87. The maximum Gasteiger partial charge on any atom is 0.149 e. The molecule has 0 bridgehead atoms. The van der Waals surface area contributed by atoms with E-state index in [2.05, 4.69) is 30.4 Å². The van der Waals surface area contributed by atoms with Crippen LogP contribution >= 0.6 is 0 Å². The minimum absolute atomic E-state index is 0.121. The zero-order valence-corrected chi connectivity index (χ0v) is 11.8. The topological polar surface area (TPSA) is 12.0 Å². The summed E-state index contributed by atoms with van der Waals surface area (Å²) < 4.78 is 26.3. The van der Waals surface area contributed by atoms with Crippen molar-refractivity contribution in [2.45, 2.75) is 32.7 Å². The molecular weight excluding hydrogens is 256 g/mol. The Labute approximate surface area is 118 Å². The Morgan fingerprint density at radius 1 is 1.10 bits per heavy atom. The first-order valence-corrected chi connectivity index (χ1v) is 6.82. The van der Waals surface area contributed by atoms with E-state index < -0.39 is 11.6 Å². The normalized spacial score (nSPS) is 12.2. The standard InChI is InChI=1S/C17H19F2N/c1-12-4-3-5-14(10-12)7-6-13(2)20-17-9-8-15(18)11-16(17)19/h3-5,8-11,13,20H,6-7H2,1-2H3. The summed E-state index contributed by atoms with van der Waals surface area (Å²) in [6, 6.07) is 12.1. The summed E-state index contributed by atoms with van der Waals surface area (Å²) in [6.07, 6.45) is 1.82. The number of halogens is 2. The Bertz CT molecular complexity index is 581. The Kier molecular flexibility index (Phi) is 4.72. The van der Waals surface area contributed by atoms with Gasteiger partial charge in [0.25, 0.3) is 0 Å². The van der Waals surface area contributed by atoms with Crippen molar-refractivity contribution in [1.82, 2.24) is 0 Å². The van der Waals surface area contributed by atoms with Crippen molar-refractivity contribution in [3.8, 4) is 0 Å². The molecule has 0 fully saturated rings. The van der Waals surface area contributed by atoms with E-state index >= 15 is 0 Å². The molecule has 0 saturated heterocycles. The maximum absolute atomic E-state index is 13.5. The molecule has 20 heavy (non-hydrogen) atoms. The molecule has 2 aromatic carbocycles. The van der Waals surface area contributed by atoms with Crippen LogP contribution in [0.5, 0.6) is 0 Å². The lowest BCUT2D eigenvalue weighted by Gasteiger charge is -2.16. The number of anilines is 1. The molecule has 2 rings (SSSR count). The molecule has 0 aliphatic rings. The monoisotopic (exact) mass is 275 g/mol. The molecule has 0 spiro atoms. The first-order valence-electron chi connectivity index (χ1n) is 6.82. The summed E-state index contributed by atoms with van der Waals surface area (Å²) in [4.78, 5) is 0. The first kappa shape index (κ1) is 14.5. The van der Waals surface area contributed by atoms with Gasteiger partial charge in [0, 0.05) is 12.1 Å². The lowest BCUT2D eigenvalue weighted by Crippen LogP contribution is -2.17. The van der Waals surface area contributed by atoms with E-state index in [1.807, 2.05) is 13.0 Å². The van der Waals surface area contributed by atoms with Gasteiger partial charge in [-0.05, 0) is 44.4 Å². The van der Waals surface area contributed by atoms with Gasteiger partial charge in [0.1, 0.15) is 11.6 Å². The Morgan fingerprint density at radius 3 is 2.60 bits per heavy atom. The van der Waals surface area contributed by atoms with Crippen LogP contribution in [0.2, 0.25) is 0 Å². The molecule has 1 nitrogen and oxygen atoms in total. The molecule has 0 aliphatic carbocycles. The van der Waals surface area contributed by atoms with Crippen LogP contribution in [0.4, 0.5) is 14.5 Å². The summed E-state index contributed by atoms with van der Waals surface area (Å²) in [6.45, 7) is 4.07. The third kappa shape index (κ3) is 4.05. The van der Waals surface area contributed by atoms with Crippen LogP contribution in [0.15, 0.2) is 42.5 Å². The molecule has 106 valence electrons. The van der Waals surface area contributed by atoms with Gasteiger partial charge in [-0.3, -0.25) is 0 Å². The van der Waals surface area contributed by atoms with E-state index in [0.717, 1.165) is 18.9 Å². The van der Waals surface area contributed by atoms with Crippen LogP contribution in [0.1, 0.15) is 24.5 Å². The average Bonchev–Trinajstić information content (AvgIpc) is 2.40. The summed E-state index contributed by atoms with van der Waals surface area (Å²) in [5.74, 6) is -1.10. The first-order chi connectivity index (χ1) is 9.54. The zero-order valence-electron chi connectivity index (χ0n) is 11.8. The van der Waals surface area contributed by atoms with E-state index in [4.69, 9.17) is 0 Å². The van der Waals surface area contributed by atoms with Crippen molar-refractivity contribution in [3.05, 3.63) is 65.2 Å². The summed E-state index contributed by atoms with van der Waals surface area (Å²) in [5, 5.41) is 3.08. The molecule has 0 aliphatic heterocycles. The SMILES string of the molecule is Cc1cccc(CCC(C)Nc2ccc(F)cc2F)c1. The Hall–Kier alpha value is -1.90. The van der Waals surface area contributed by atoms with E-state index in [0.29, 0.717) is 5.69 Å². The molecule has 0 saturated carbocycles. The van der Waals surface area contributed by atoms with Crippen LogP contribution in [0, 0.1) is 18.6 Å².